The van der Waals surface area contributed by atoms with E-state index in [9.17, 15) is 19.2 Å². The molecule has 9 nitrogen and oxygen atoms in total. The third-order valence-corrected chi connectivity index (χ3v) is 6.40. The Balaban J connectivity index is 2.64. The number of benzene rings is 2. The van der Waals surface area contributed by atoms with Crippen LogP contribution in [0.3, 0.4) is 0 Å². The standard InChI is InChI=1S/C32H42N4O5/c1-8-10-20-36(30(39)25(18-19-26(33)37)34-31(40)41-32(5,6)7)28(24-17-12-11-16-23(24)9-2)29(38)35-27-21(3)14-13-15-22(27)4/h2,11-17,25,28H,8,10,18-20H2,1,3-7H3,(H2,33,37)(H,34,40)(H,35,38). The van der Waals surface area contributed by atoms with Crippen molar-refractivity contribution in [3.8, 4) is 12.3 Å². The molecule has 2 rings (SSSR count). The van der Waals surface area contributed by atoms with Crippen molar-refractivity contribution in [2.24, 2.45) is 5.73 Å². The van der Waals surface area contributed by atoms with E-state index >= 15 is 0 Å². The summed E-state index contributed by atoms with van der Waals surface area (Å²) in [4.78, 5) is 54.2. The number of carbonyl (C=O) groups is 4. The number of hydrogen-bond donors (Lipinski definition) is 3. The minimum Gasteiger partial charge on any atom is -0.444 e. The predicted octanol–water partition coefficient (Wildman–Crippen LogP) is 4.75. The molecule has 220 valence electrons. The molecular formula is C32H42N4O5. The molecule has 2 aromatic carbocycles. The lowest BCUT2D eigenvalue weighted by atomic mass is 9.96. The average molecular weight is 563 g/mol. The number of hydrogen-bond acceptors (Lipinski definition) is 5. The second kappa shape index (κ2) is 14.9. The number of carbonyl (C=O) groups excluding carboxylic acids is 4. The fourth-order valence-electron chi connectivity index (χ4n) is 4.41. The van der Waals surface area contributed by atoms with Crippen molar-refractivity contribution in [3.63, 3.8) is 0 Å². The zero-order chi connectivity index (χ0) is 30.7. The quantitative estimate of drug-likeness (QED) is 0.321. The molecule has 4 N–H and O–H groups in total. The van der Waals surface area contributed by atoms with Gasteiger partial charge in [0.2, 0.25) is 11.8 Å². The van der Waals surface area contributed by atoms with Crippen molar-refractivity contribution in [2.75, 3.05) is 11.9 Å². The first-order valence-electron chi connectivity index (χ1n) is 13.8. The first-order chi connectivity index (χ1) is 19.3. The molecular weight excluding hydrogens is 520 g/mol. The number of ether oxygens (including phenoxy) is 1. The van der Waals surface area contributed by atoms with E-state index in [0.29, 0.717) is 23.2 Å². The molecule has 0 heterocycles. The van der Waals surface area contributed by atoms with E-state index < -0.39 is 41.5 Å². The summed E-state index contributed by atoms with van der Waals surface area (Å²) in [5, 5.41) is 5.61. The SMILES string of the molecule is C#Cc1ccccc1C(C(=O)Nc1c(C)cccc1C)N(CCCC)C(=O)C(CCC(N)=O)NC(=O)OC(C)(C)C. The summed E-state index contributed by atoms with van der Waals surface area (Å²) in [5.41, 5.74) is 7.85. The number of terminal acetylenes is 1. The number of unbranched alkanes of at least 4 members (excludes halogenated alkanes) is 1. The summed E-state index contributed by atoms with van der Waals surface area (Å²) < 4.78 is 5.38. The molecule has 2 atom stereocenters. The first kappa shape index (κ1) is 32.9. The van der Waals surface area contributed by atoms with E-state index in [4.69, 9.17) is 16.9 Å². The van der Waals surface area contributed by atoms with Crippen LogP contribution in [0.15, 0.2) is 42.5 Å². The maximum Gasteiger partial charge on any atom is 0.408 e. The molecule has 0 aliphatic carbocycles. The van der Waals surface area contributed by atoms with Crippen LogP contribution < -0.4 is 16.4 Å². The Kier molecular flexibility index (Phi) is 11.9. The maximum atomic E-state index is 14.2. The van der Waals surface area contributed by atoms with Crippen LogP contribution in [0.5, 0.6) is 0 Å². The van der Waals surface area contributed by atoms with Gasteiger partial charge in [-0.25, -0.2) is 4.79 Å². The number of anilines is 1. The molecule has 2 aromatic rings. The van der Waals surface area contributed by atoms with Crippen molar-refractivity contribution in [3.05, 3.63) is 64.7 Å². The molecule has 41 heavy (non-hydrogen) atoms. The molecule has 9 heteroatoms. The number of para-hydroxylation sites is 1. The van der Waals surface area contributed by atoms with Gasteiger partial charge in [0.15, 0.2) is 0 Å². The Morgan fingerprint density at radius 2 is 1.68 bits per heavy atom. The monoisotopic (exact) mass is 562 g/mol. The van der Waals surface area contributed by atoms with Gasteiger partial charge in [0.1, 0.15) is 17.7 Å². The van der Waals surface area contributed by atoms with Crippen molar-refractivity contribution >= 4 is 29.5 Å². The highest BCUT2D eigenvalue weighted by Crippen LogP contribution is 2.29. The third kappa shape index (κ3) is 9.67. The highest BCUT2D eigenvalue weighted by molar-refractivity contribution is 6.00. The lowest BCUT2D eigenvalue weighted by Crippen LogP contribution is -2.53. The zero-order valence-electron chi connectivity index (χ0n) is 24.9. The topological polar surface area (TPSA) is 131 Å². The van der Waals surface area contributed by atoms with Gasteiger partial charge in [-0.1, -0.05) is 55.7 Å². The molecule has 0 radical (unpaired) electrons. The normalized spacial score (nSPS) is 12.4. The molecule has 0 saturated carbocycles. The second-order valence-electron chi connectivity index (χ2n) is 11.0. The van der Waals surface area contributed by atoms with E-state index in [-0.39, 0.29) is 19.4 Å². The van der Waals surface area contributed by atoms with Crippen LogP contribution in [-0.4, -0.2) is 46.9 Å². The molecule has 0 aliphatic heterocycles. The lowest BCUT2D eigenvalue weighted by molar-refractivity contribution is -0.141. The smallest absolute Gasteiger partial charge is 0.408 e. The van der Waals surface area contributed by atoms with Crippen molar-refractivity contribution < 1.29 is 23.9 Å². The zero-order valence-corrected chi connectivity index (χ0v) is 24.9. The minimum absolute atomic E-state index is 0.0714. The van der Waals surface area contributed by atoms with Gasteiger partial charge in [-0.3, -0.25) is 14.4 Å². The average Bonchev–Trinajstić information content (AvgIpc) is 2.89. The molecule has 0 bridgehead atoms. The van der Waals surface area contributed by atoms with Crippen LogP contribution >= 0.6 is 0 Å². The van der Waals surface area contributed by atoms with Crippen LogP contribution in [0, 0.1) is 26.2 Å². The number of rotatable bonds is 12. The Morgan fingerprint density at radius 1 is 1.05 bits per heavy atom. The van der Waals surface area contributed by atoms with E-state index in [2.05, 4.69) is 16.6 Å². The van der Waals surface area contributed by atoms with Gasteiger partial charge < -0.3 is 26.0 Å². The van der Waals surface area contributed by atoms with Crippen molar-refractivity contribution in [2.45, 2.75) is 84.9 Å². The second-order valence-corrected chi connectivity index (χ2v) is 11.0. The summed E-state index contributed by atoms with van der Waals surface area (Å²) in [7, 11) is 0. The molecule has 0 saturated heterocycles. The number of primary amides is 1. The Hall–Kier alpha value is -4.32. The van der Waals surface area contributed by atoms with Crippen LogP contribution in [-0.2, 0) is 19.1 Å². The Morgan fingerprint density at radius 3 is 2.24 bits per heavy atom. The number of nitrogens with one attached hydrogen (secondary N) is 2. The number of amides is 4. The van der Waals surface area contributed by atoms with Crippen LogP contribution in [0.4, 0.5) is 10.5 Å². The van der Waals surface area contributed by atoms with Gasteiger partial charge in [0, 0.05) is 24.2 Å². The highest BCUT2D eigenvalue weighted by Gasteiger charge is 2.37. The van der Waals surface area contributed by atoms with E-state index in [0.717, 1.165) is 17.5 Å². The maximum absolute atomic E-state index is 14.2. The minimum atomic E-state index is -1.18. The summed E-state index contributed by atoms with van der Waals surface area (Å²) in [6.45, 7) is 11.0. The van der Waals surface area contributed by atoms with E-state index in [1.54, 1.807) is 45.0 Å². The van der Waals surface area contributed by atoms with Crippen LogP contribution in [0.1, 0.15) is 81.7 Å². The number of nitrogens with zero attached hydrogens (tertiary/aromatic N) is 1. The molecule has 0 aliphatic rings. The largest absolute Gasteiger partial charge is 0.444 e. The van der Waals surface area contributed by atoms with Gasteiger partial charge >= 0.3 is 6.09 Å². The Bertz CT molecular complexity index is 1270. The molecule has 2 unspecified atom stereocenters. The van der Waals surface area contributed by atoms with Crippen molar-refractivity contribution in [1.29, 1.82) is 0 Å². The van der Waals surface area contributed by atoms with Gasteiger partial charge in [0.05, 0.1) is 0 Å². The van der Waals surface area contributed by atoms with E-state index in [1.807, 2.05) is 39.0 Å². The summed E-state index contributed by atoms with van der Waals surface area (Å²) in [6, 6.07) is 10.3. The highest BCUT2D eigenvalue weighted by atomic mass is 16.6. The fourth-order valence-corrected chi connectivity index (χ4v) is 4.41. The summed E-state index contributed by atoms with van der Waals surface area (Å²) in [6.07, 6.45) is 6.08. The van der Waals surface area contributed by atoms with Gasteiger partial charge in [0.25, 0.3) is 5.91 Å². The van der Waals surface area contributed by atoms with Crippen LogP contribution in [0.2, 0.25) is 0 Å². The Labute approximate surface area is 243 Å². The van der Waals surface area contributed by atoms with E-state index in [1.165, 1.54) is 4.90 Å². The summed E-state index contributed by atoms with van der Waals surface area (Å²) in [5.74, 6) is 0.983. The number of nitrogens with two attached hydrogens (primary N) is 1. The predicted molar refractivity (Wildman–Crippen MR) is 160 cm³/mol. The van der Waals surface area contributed by atoms with Crippen molar-refractivity contribution in [1.82, 2.24) is 10.2 Å². The molecule has 0 aromatic heterocycles. The lowest BCUT2D eigenvalue weighted by Gasteiger charge is -2.35. The third-order valence-electron chi connectivity index (χ3n) is 6.40. The summed E-state index contributed by atoms with van der Waals surface area (Å²) >= 11 is 0. The first-order valence-corrected chi connectivity index (χ1v) is 13.8. The fraction of sp³-hybridized carbons (Fsp3) is 0.438. The molecule has 0 fully saturated rings. The number of alkyl carbamates (subject to hydrolysis) is 1. The molecule has 4 amide bonds. The van der Waals surface area contributed by atoms with Gasteiger partial charge in [-0.15, -0.1) is 6.42 Å². The van der Waals surface area contributed by atoms with Crippen LogP contribution in [0.25, 0.3) is 0 Å². The number of aryl methyl sites for hydroxylation is 2. The van der Waals surface area contributed by atoms with Gasteiger partial charge in [-0.2, -0.15) is 0 Å². The molecule has 0 spiro atoms. The van der Waals surface area contributed by atoms with Gasteiger partial charge in [-0.05, 0) is 70.2 Å².